The third-order valence-corrected chi connectivity index (χ3v) is 3.52. The molecule has 0 fully saturated rings. The fourth-order valence-corrected chi connectivity index (χ4v) is 2.21. The minimum Gasteiger partial charge on any atom is -0.469 e. The van der Waals surface area contributed by atoms with Crippen LogP contribution in [0.4, 0.5) is 0 Å². The first-order valence-corrected chi connectivity index (χ1v) is 8.36. The van der Waals surface area contributed by atoms with Crippen LogP contribution in [0.5, 0.6) is 0 Å². The van der Waals surface area contributed by atoms with Crippen molar-refractivity contribution in [2.75, 3.05) is 14.2 Å². The molecule has 6 heteroatoms. The summed E-state index contributed by atoms with van der Waals surface area (Å²) < 4.78 is 14.5. The van der Waals surface area contributed by atoms with Gasteiger partial charge in [-0.05, 0) is 19.3 Å². The number of rotatable bonds is 13. The average Bonchev–Trinajstić information content (AvgIpc) is 2.53. The molecular formula is C17H30O6. The first-order chi connectivity index (χ1) is 11.0. The maximum absolute atomic E-state index is 11.8. The lowest BCUT2D eigenvalue weighted by Crippen LogP contribution is -2.22. The van der Waals surface area contributed by atoms with Crippen molar-refractivity contribution in [2.45, 2.75) is 77.2 Å². The van der Waals surface area contributed by atoms with Crippen LogP contribution in [0, 0.1) is 0 Å². The topological polar surface area (TPSA) is 78.9 Å². The number of carbonyl (C=O) groups excluding carboxylic acids is 3. The highest BCUT2D eigenvalue weighted by molar-refractivity contribution is 5.72. The summed E-state index contributed by atoms with van der Waals surface area (Å²) in [6.45, 7) is 1.98. The molecule has 134 valence electrons. The van der Waals surface area contributed by atoms with Gasteiger partial charge in [-0.15, -0.1) is 0 Å². The second kappa shape index (κ2) is 14.0. The van der Waals surface area contributed by atoms with E-state index in [1.165, 1.54) is 14.2 Å². The van der Waals surface area contributed by atoms with E-state index in [2.05, 4.69) is 9.47 Å². The number of hydrogen-bond acceptors (Lipinski definition) is 6. The fourth-order valence-electron chi connectivity index (χ4n) is 2.21. The second-order valence-electron chi connectivity index (χ2n) is 5.52. The van der Waals surface area contributed by atoms with Crippen molar-refractivity contribution in [3.8, 4) is 0 Å². The summed E-state index contributed by atoms with van der Waals surface area (Å²) in [5.74, 6) is -0.801. The Morgan fingerprint density at radius 2 is 1.30 bits per heavy atom. The molecule has 0 aliphatic rings. The molecule has 0 saturated heterocycles. The molecule has 0 aromatic heterocycles. The SMILES string of the molecule is CCCC(CC(=O)OC)OC(=O)CCCCCCCC(=O)OC. The van der Waals surface area contributed by atoms with Gasteiger partial charge in [0.15, 0.2) is 0 Å². The highest BCUT2D eigenvalue weighted by Gasteiger charge is 2.17. The Labute approximate surface area is 138 Å². The zero-order valence-corrected chi connectivity index (χ0v) is 14.6. The number of methoxy groups -OCH3 is 2. The molecule has 23 heavy (non-hydrogen) atoms. The van der Waals surface area contributed by atoms with Gasteiger partial charge in [-0.1, -0.05) is 32.6 Å². The number of ether oxygens (including phenoxy) is 3. The number of hydrogen-bond donors (Lipinski definition) is 0. The minimum absolute atomic E-state index is 0.115. The molecule has 0 aliphatic carbocycles. The molecule has 0 amide bonds. The molecule has 6 nitrogen and oxygen atoms in total. The molecular weight excluding hydrogens is 300 g/mol. The second-order valence-corrected chi connectivity index (χ2v) is 5.52. The summed E-state index contributed by atoms with van der Waals surface area (Å²) in [4.78, 5) is 34.0. The van der Waals surface area contributed by atoms with E-state index in [1.807, 2.05) is 6.92 Å². The van der Waals surface area contributed by atoms with Crippen LogP contribution in [0.15, 0.2) is 0 Å². The van der Waals surface area contributed by atoms with Gasteiger partial charge in [-0.25, -0.2) is 0 Å². The zero-order valence-electron chi connectivity index (χ0n) is 14.6. The van der Waals surface area contributed by atoms with E-state index in [-0.39, 0.29) is 30.4 Å². The molecule has 0 rings (SSSR count). The first-order valence-electron chi connectivity index (χ1n) is 8.36. The lowest BCUT2D eigenvalue weighted by Gasteiger charge is -2.16. The third kappa shape index (κ3) is 12.6. The van der Waals surface area contributed by atoms with Gasteiger partial charge in [0.1, 0.15) is 6.10 Å². The van der Waals surface area contributed by atoms with Crippen molar-refractivity contribution in [2.24, 2.45) is 0 Å². The highest BCUT2D eigenvalue weighted by Crippen LogP contribution is 2.12. The zero-order chi connectivity index (χ0) is 17.5. The maximum atomic E-state index is 11.8. The molecule has 0 heterocycles. The summed E-state index contributed by atoms with van der Waals surface area (Å²) in [6, 6.07) is 0. The first kappa shape index (κ1) is 21.4. The van der Waals surface area contributed by atoms with E-state index in [9.17, 15) is 14.4 Å². The Kier molecular flexibility index (Phi) is 13.1. The van der Waals surface area contributed by atoms with Crippen LogP contribution in [0.25, 0.3) is 0 Å². The molecule has 0 aromatic rings. The van der Waals surface area contributed by atoms with Gasteiger partial charge in [0.2, 0.25) is 0 Å². The molecule has 0 N–H and O–H groups in total. The molecule has 1 unspecified atom stereocenters. The Hall–Kier alpha value is -1.59. The van der Waals surface area contributed by atoms with Crippen molar-refractivity contribution < 1.29 is 28.6 Å². The molecule has 1 atom stereocenters. The highest BCUT2D eigenvalue weighted by atomic mass is 16.6. The van der Waals surface area contributed by atoms with Crippen LogP contribution in [-0.4, -0.2) is 38.2 Å². The Balaban J connectivity index is 3.74. The number of unbranched alkanes of at least 4 members (excludes halogenated alkanes) is 4. The van der Waals surface area contributed by atoms with Crippen LogP contribution in [0.3, 0.4) is 0 Å². The molecule has 0 bridgehead atoms. The van der Waals surface area contributed by atoms with Gasteiger partial charge in [0.25, 0.3) is 0 Å². The Morgan fingerprint density at radius 3 is 1.83 bits per heavy atom. The van der Waals surface area contributed by atoms with Gasteiger partial charge in [0.05, 0.1) is 20.6 Å². The van der Waals surface area contributed by atoms with Crippen LogP contribution in [0.1, 0.15) is 71.1 Å². The van der Waals surface area contributed by atoms with Crippen LogP contribution < -0.4 is 0 Å². The van der Waals surface area contributed by atoms with Crippen molar-refractivity contribution in [3.05, 3.63) is 0 Å². The molecule has 0 aromatic carbocycles. The van der Waals surface area contributed by atoms with E-state index in [1.54, 1.807) is 0 Å². The summed E-state index contributed by atoms with van der Waals surface area (Å²) in [5.41, 5.74) is 0. The smallest absolute Gasteiger partial charge is 0.309 e. The normalized spacial score (nSPS) is 11.6. The lowest BCUT2D eigenvalue weighted by molar-refractivity contribution is -0.154. The van der Waals surface area contributed by atoms with Gasteiger partial charge in [0, 0.05) is 12.8 Å². The van der Waals surface area contributed by atoms with E-state index >= 15 is 0 Å². The predicted molar refractivity (Wildman–Crippen MR) is 85.8 cm³/mol. The van der Waals surface area contributed by atoms with Crippen LogP contribution in [0.2, 0.25) is 0 Å². The molecule has 0 radical (unpaired) electrons. The van der Waals surface area contributed by atoms with E-state index in [4.69, 9.17) is 4.74 Å². The Bertz CT molecular complexity index is 353. The van der Waals surface area contributed by atoms with E-state index in [0.717, 1.165) is 38.5 Å². The van der Waals surface area contributed by atoms with Crippen LogP contribution in [-0.2, 0) is 28.6 Å². The molecule has 0 spiro atoms. The number of carbonyl (C=O) groups is 3. The summed E-state index contributed by atoms with van der Waals surface area (Å²) in [5, 5.41) is 0. The Morgan fingerprint density at radius 1 is 0.783 bits per heavy atom. The predicted octanol–water partition coefficient (Wildman–Crippen LogP) is 3.17. The van der Waals surface area contributed by atoms with Gasteiger partial charge >= 0.3 is 17.9 Å². The summed E-state index contributed by atoms with van der Waals surface area (Å²) >= 11 is 0. The van der Waals surface area contributed by atoms with Crippen molar-refractivity contribution in [1.82, 2.24) is 0 Å². The monoisotopic (exact) mass is 330 g/mol. The van der Waals surface area contributed by atoms with Gasteiger partial charge in [-0.2, -0.15) is 0 Å². The molecule has 0 aliphatic heterocycles. The molecule has 0 saturated carbocycles. The maximum Gasteiger partial charge on any atom is 0.309 e. The minimum atomic E-state index is -0.389. The van der Waals surface area contributed by atoms with Crippen molar-refractivity contribution >= 4 is 17.9 Å². The lowest BCUT2D eigenvalue weighted by atomic mass is 10.1. The van der Waals surface area contributed by atoms with E-state index < -0.39 is 0 Å². The van der Waals surface area contributed by atoms with Crippen LogP contribution >= 0.6 is 0 Å². The van der Waals surface area contributed by atoms with Gasteiger partial charge in [-0.3, -0.25) is 14.4 Å². The van der Waals surface area contributed by atoms with Crippen molar-refractivity contribution in [1.29, 1.82) is 0 Å². The third-order valence-electron chi connectivity index (χ3n) is 3.52. The largest absolute Gasteiger partial charge is 0.469 e. The fraction of sp³-hybridized carbons (Fsp3) is 0.824. The van der Waals surface area contributed by atoms with Gasteiger partial charge < -0.3 is 14.2 Å². The quantitative estimate of drug-likeness (QED) is 0.293. The summed E-state index contributed by atoms with van der Waals surface area (Å²) in [7, 11) is 2.72. The average molecular weight is 330 g/mol. The van der Waals surface area contributed by atoms with Crippen molar-refractivity contribution in [3.63, 3.8) is 0 Å². The van der Waals surface area contributed by atoms with E-state index in [0.29, 0.717) is 19.3 Å². The standard InChI is InChI=1S/C17H30O6/c1-4-10-14(13-17(20)22-3)23-16(19)12-9-7-5-6-8-11-15(18)21-2/h14H,4-13H2,1-3H3. The summed E-state index contributed by atoms with van der Waals surface area (Å²) in [6.07, 6.45) is 6.46. The number of esters is 3.